The van der Waals surface area contributed by atoms with Gasteiger partial charge < -0.3 is 5.32 Å². The van der Waals surface area contributed by atoms with Gasteiger partial charge in [-0.3, -0.25) is 0 Å². The van der Waals surface area contributed by atoms with Crippen molar-refractivity contribution >= 4 is 33.2 Å². The first-order chi connectivity index (χ1) is 14.3. The normalized spacial score (nSPS) is 10.9. The van der Waals surface area contributed by atoms with Crippen molar-refractivity contribution in [1.29, 1.82) is 0 Å². The molecule has 0 aliphatic heterocycles. The van der Waals surface area contributed by atoms with E-state index in [2.05, 4.69) is 74.2 Å². The number of nitrogens with zero attached hydrogens (tertiary/aromatic N) is 3. The van der Waals surface area contributed by atoms with Gasteiger partial charge in [0, 0.05) is 17.1 Å². The van der Waals surface area contributed by atoms with Crippen LogP contribution in [-0.2, 0) is 0 Å². The molecular formula is C24H18N4S. The molecule has 5 rings (SSSR count). The van der Waals surface area contributed by atoms with Crippen LogP contribution in [0.3, 0.4) is 0 Å². The van der Waals surface area contributed by atoms with Crippen molar-refractivity contribution in [3.8, 4) is 22.3 Å². The minimum atomic E-state index is 0.775. The molecule has 0 radical (unpaired) electrons. The van der Waals surface area contributed by atoms with Crippen molar-refractivity contribution in [1.82, 2.24) is 15.0 Å². The predicted octanol–water partition coefficient (Wildman–Crippen LogP) is 6.47. The molecule has 0 saturated heterocycles. The molecule has 5 aromatic rings. The maximum Gasteiger partial charge on any atom is 0.144 e. The van der Waals surface area contributed by atoms with E-state index in [9.17, 15) is 0 Å². The second-order valence-corrected chi connectivity index (χ2v) is 7.70. The van der Waals surface area contributed by atoms with Gasteiger partial charge in [-0.25, -0.2) is 15.0 Å². The van der Waals surface area contributed by atoms with E-state index in [1.807, 2.05) is 25.1 Å². The summed E-state index contributed by atoms with van der Waals surface area (Å²) in [6.45, 7) is 2.05. The molecule has 1 N–H and O–H groups in total. The maximum absolute atomic E-state index is 4.50. The Morgan fingerprint density at radius 2 is 1.55 bits per heavy atom. The molecule has 4 nitrogen and oxygen atoms in total. The van der Waals surface area contributed by atoms with Gasteiger partial charge >= 0.3 is 0 Å². The number of rotatable bonds is 4. The zero-order valence-electron chi connectivity index (χ0n) is 15.8. The highest BCUT2D eigenvalue weighted by atomic mass is 32.1. The van der Waals surface area contributed by atoms with E-state index in [-0.39, 0.29) is 0 Å². The molecule has 0 atom stereocenters. The van der Waals surface area contributed by atoms with Crippen molar-refractivity contribution in [2.24, 2.45) is 0 Å². The average Bonchev–Trinajstić information content (AvgIpc) is 3.20. The number of pyridine rings is 1. The molecule has 0 bridgehead atoms. The van der Waals surface area contributed by atoms with E-state index < -0.39 is 0 Å². The molecule has 0 unspecified atom stereocenters. The SMILES string of the molecule is Cc1ccnc(Nc2ncnc3scc(-c4ccc(-c5ccccc5)cc4)c23)c1. The lowest BCUT2D eigenvalue weighted by Gasteiger charge is -2.09. The summed E-state index contributed by atoms with van der Waals surface area (Å²) in [6, 6.07) is 23.0. The van der Waals surface area contributed by atoms with Gasteiger partial charge in [-0.1, -0.05) is 54.6 Å². The third-order valence-electron chi connectivity index (χ3n) is 4.84. The number of nitrogens with one attached hydrogen (secondary N) is 1. The second-order valence-electron chi connectivity index (χ2n) is 6.84. The number of aromatic nitrogens is 3. The van der Waals surface area contributed by atoms with Gasteiger partial charge in [-0.15, -0.1) is 11.3 Å². The molecule has 0 spiro atoms. The number of thiophene rings is 1. The Balaban J connectivity index is 1.55. The molecule has 0 fully saturated rings. The molecule has 0 aliphatic carbocycles. The van der Waals surface area contributed by atoms with Gasteiger partial charge in [0.25, 0.3) is 0 Å². The number of hydrogen-bond acceptors (Lipinski definition) is 5. The first-order valence-electron chi connectivity index (χ1n) is 9.36. The number of hydrogen-bond donors (Lipinski definition) is 1. The Morgan fingerprint density at radius 3 is 2.34 bits per heavy atom. The summed E-state index contributed by atoms with van der Waals surface area (Å²) in [5.74, 6) is 1.55. The van der Waals surface area contributed by atoms with Gasteiger partial charge in [0.1, 0.15) is 22.8 Å². The van der Waals surface area contributed by atoms with E-state index in [0.29, 0.717) is 0 Å². The number of anilines is 2. The molecule has 140 valence electrons. The summed E-state index contributed by atoms with van der Waals surface area (Å²) in [6.07, 6.45) is 3.39. The first kappa shape index (κ1) is 17.5. The minimum Gasteiger partial charge on any atom is -0.324 e. The summed E-state index contributed by atoms with van der Waals surface area (Å²) >= 11 is 1.63. The van der Waals surface area contributed by atoms with Crippen LogP contribution in [0.2, 0.25) is 0 Å². The standard InChI is InChI=1S/C24H18N4S/c1-16-11-12-25-21(13-16)28-23-22-20(14-29-24(22)27-15-26-23)19-9-7-18(8-10-19)17-5-3-2-4-6-17/h2-15H,1H3,(H,25,26,27,28). The summed E-state index contributed by atoms with van der Waals surface area (Å²) in [4.78, 5) is 14.3. The largest absolute Gasteiger partial charge is 0.324 e. The van der Waals surface area contributed by atoms with Gasteiger partial charge in [0.2, 0.25) is 0 Å². The summed E-state index contributed by atoms with van der Waals surface area (Å²) in [7, 11) is 0. The molecular weight excluding hydrogens is 376 g/mol. The summed E-state index contributed by atoms with van der Waals surface area (Å²) < 4.78 is 0. The highest BCUT2D eigenvalue weighted by Crippen LogP contribution is 2.37. The van der Waals surface area contributed by atoms with Gasteiger partial charge in [-0.2, -0.15) is 0 Å². The van der Waals surface area contributed by atoms with E-state index in [1.165, 1.54) is 11.1 Å². The van der Waals surface area contributed by atoms with Crippen LogP contribution in [0.1, 0.15) is 5.56 Å². The van der Waals surface area contributed by atoms with E-state index in [1.54, 1.807) is 23.9 Å². The third kappa shape index (κ3) is 3.48. The lowest BCUT2D eigenvalue weighted by Crippen LogP contribution is -1.97. The fourth-order valence-electron chi connectivity index (χ4n) is 3.38. The van der Waals surface area contributed by atoms with Gasteiger partial charge in [-0.05, 0) is 41.3 Å². The van der Waals surface area contributed by atoms with Crippen LogP contribution in [0.4, 0.5) is 11.6 Å². The predicted molar refractivity (Wildman–Crippen MR) is 121 cm³/mol. The van der Waals surface area contributed by atoms with Gasteiger partial charge in [0.05, 0.1) is 5.39 Å². The van der Waals surface area contributed by atoms with Crippen molar-refractivity contribution in [3.05, 3.63) is 90.2 Å². The maximum atomic E-state index is 4.50. The van der Waals surface area contributed by atoms with Crippen molar-refractivity contribution < 1.29 is 0 Å². The zero-order chi connectivity index (χ0) is 19.6. The molecule has 0 amide bonds. The number of benzene rings is 2. The fraction of sp³-hybridized carbons (Fsp3) is 0.0417. The molecule has 3 heterocycles. The van der Waals surface area contributed by atoms with Crippen molar-refractivity contribution in [3.63, 3.8) is 0 Å². The Kier molecular flexibility index (Phi) is 4.50. The average molecular weight is 395 g/mol. The smallest absolute Gasteiger partial charge is 0.144 e. The fourth-order valence-corrected chi connectivity index (χ4v) is 4.30. The van der Waals surface area contributed by atoms with Crippen LogP contribution in [0.5, 0.6) is 0 Å². The molecule has 29 heavy (non-hydrogen) atoms. The van der Waals surface area contributed by atoms with Crippen molar-refractivity contribution in [2.45, 2.75) is 6.92 Å². The zero-order valence-corrected chi connectivity index (χ0v) is 16.6. The van der Waals surface area contributed by atoms with Crippen LogP contribution in [-0.4, -0.2) is 15.0 Å². The van der Waals surface area contributed by atoms with Crippen LogP contribution in [0, 0.1) is 6.92 Å². The topological polar surface area (TPSA) is 50.7 Å². The van der Waals surface area contributed by atoms with Crippen LogP contribution in [0.15, 0.2) is 84.6 Å². The van der Waals surface area contributed by atoms with E-state index in [0.717, 1.165) is 38.5 Å². The minimum absolute atomic E-state index is 0.775. The Labute approximate surface area is 172 Å². The van der Waals surface area contributed by atoms with Crippen LogP contribution in [0.25, 0.3) is 32.5 Å². The van der Waals surface area contributed by atoms with E-state index in [4.69, 9.17) is 0 Å². The molecule has 2 aromatic carbocycles. The monoisotopic (exact) mass is 394 g/mol. The third-order valence-corrected chi connectivity index (χ3v) is 5.72. The van der Waals surface area contributed by atoms with E-state index >= 15 is 0 Å². The Hall–Kier alpha value is -3.57. The Morgan fingerprint density at radius 1 is 0.793 bits per heavy atom. The molecule has 5 heteroatoms. The quantitative estimate of drug-likeness (QED) is 0.379. The summed E-state index contributed by atoms with van der Waals surface area (Å²) in [5.41, 5.74) is 5.83. The lowest BCUT2D eigenvalue weighted by atomic mass is 10.0. The van der Waals surface area contributed by atoms with Crippen molar-refractivity contribution in [2.75, 3.05) is 5.32 Å². The molecule has 0 aliphatic rings. The summed E-state index contributed by atoms with van der Waals surface area (Å²) in [5, 5.41) is 6.53. The highest BCUT2D eigenvalue weighted by molar-refractivity contribution is 7.17. The molecule has 0 saturated carbocycles. The lowest BCUT2D eigenvalue weighted by molar-refractivity contribution is 1.20. The van der Waals surface area contributed by atoms with Gasteiger partial charge in [0.15, 0.2) is 0 Å². The highest BCUT2D eigenvalue weighted by Gasteiger charge is 2.14. The van der Waals surface area contributed by atoms with Crippen LogP contribution < -0.4 is 5.32 Å². The Bertz CT molecular complexity index is 1280. The first-order valence-corrected chi connectivity index (χ1v) is 10.2. The number of fused-ring (bicyclic) bond motifs is 1. The number of aryl methyl sites for hydroxylation is 1. The van der Waals surface area contributed by atoms with Crippen LogP contribution >= 0.6 is 11.3 Å². The second kappa shape index (κ2) is 7.45. The molecule has 3 aromatic heterocycles.